The molecular formula is C18H15BrN2O3. The third kappa shape index (κ3) is 2.92. The van der Waals surface area contributed by atoms with E-state index < -0.39 is 5.91 Å². The second kappa shape index (κ2) is 6.49. The summed E-state index contributed by atoms with van der Waals surface area (Å²) >= 11 is 3.38. The van der Waals surface area contributed by atoms with Crippen LogP contribution in [0.25, 0.3) is 10.9 Å². The van der Waals surface area contributed by atoms with Crippen molar-refractivity contribution in [2.24, 2.45) is 0 Å². The Balaban J connectivity index is 2.01. The molecule has 0 radical (unpaired) electrons. The highest BCUT2D eigenvalue weighted by Gasteiger charge is 2.15. The van der Waals surface area contributed by atoms with E-state index in [0.717, 1.165) is 10.0 Å². The summed E-state index contributed by atoms with van der Waals surface area (Å²) in [5.74, 6) is 0.103. The summed E-state index contributed by atoms with van der Waals surface area (Å²) in [6, 6.07) is 10.7. The number of aromatic amines is 1. The van der Waals surface area contributed by atoms with Crippen molar-refractivity contribution >= 4 is 38.4 Å². The first-order valence-electron chi connectivity index (χ1n) is 7.27. The molecule has 24 heavy (non-hydrogen) atoms. The molecule has 1 heterocycles. The van der Waals surface area contributed by atoms with E-state index in [4.69, 9.17) is 4.74 Å². The molecule has 0 saturated carbocycles. The molecular weight excluding hydrogens is 372 g/mol. The number of pyridine rings is 1. The van der Waals surface area contributed by atoms with E-state index in [0.29, 0.717) is 22.3 Å². The molecule has 0 fully saturated rings. The average Bonchev–Trinajstić information content (AvgIpc) is 2.57. The normalized spacial score (nSPS) is 10.6. The van der Waals surface area contributed by atoms with Crippen molar-refractivity contribution in [1.29, 1.82) is 0 Å². The van der Waals surface area contributed by atoms with Gasteiger partial charge in [0.2, 0.25) is 5.43 Å². The van der Waals surface area contributed by atoms with Gasteiger partial charge in [-0.15, -0.1) is 0 Å². The molecule has 0 saturated heterocycles. The lowest BCUT2D eigenvalue weighted by Gasteiger charge is -2.10. The van der Waals surface area contributed by atoms with Crippen LogP contribution in [0.3, 0.4) is 0 Å². The lowest BCUT2D eigenvalue weighted by Crippen LogP contribution is -2.22. The number of aromatic nitrogens is 1. The van der Waals surface area contributed by atoms with Crippen LogP contribution < -0.4 is 15.5 Å². The molecule has 3 rings (SSSR count). The molecule has 0 aliphatic rings. The molecule has 122 valence electrons. The van der Waals surface area contributed by atoms with Crippen LogP contribution in [0.4, 0.5) is 5.69 Å². The van der Waals surface area contributed by atoms with Gasteiger partial charge in [0.25, 0.3) is 5.91 Å². The van der Waals surface area contributed by atoms with Crippen molar-refractivity contribution in [3.8, 4) is 5.75 Å². The number of rotatable bonds is 3. The van der Waals surface area contributed by atoms with Gasteiger partial charge in [0.15, 0.2) is 0 Å². The van der Waals surface area contributed by atoms with Gasteiger partial charge in [0.1, 0.15) is 11.3 Å². The fraction of sp³-hybridized carbons (Fsp3) is 0.111. The van der Waals surface area contributed by atoms with E-state index in [-0.39, 0.29) is 11.0 Å². The molecule has 1 aromatic heterocycles. The Bertz CT molecular complexity index is 995. The molecule has 0 atom stereocenters. The largest absolute Gasteiger partial charge is 0.495 e. The van der Waals surface area contributed by atoms with Gasteiger partial charge in [-0.3, -0.25) is 9.59 Å². The number of amides is 1. The topological polar surface area (TPSA) is 71.2 Å². The van der Waals surface area contributed by atoms with Crippen molar-refractivity contribution in [3.63, 3.8) is 0 Å². The number of carbonyl (C=O) groups excluding carboxylic acids is 1. The van der Waals surface area contributed by atoms with Crippen LogP contribution in [-0.2, 0) is 0 Å². The predicted octanol–water partition coefficient (Wildman–Crippen LogP) is 3.86. The number of halogens is 1. The highest BCUT2D eigenvalue weighted by molar-refractivity contribution is 9.10. The summed E-state index contributed by atoms with van der Waals surface area (Å²) in [4.78, 5) is 28.1. The zero-order valence-electron chi connectivity index (χ0n) is 13.1. The van der Waals surface area contributed by atoms with Crippen molar-refractivity contribution in [3.05, 3.63) is 68.4 Å². The molecule has 0 aliphatic carbocycles. The first-order chi connectivity index (χ1) is 11.5. The first kappa shape index (κ1) is 16.3. The standard InChI is InChI=1S/C18H15BrN2O3/c1-10-8-11(19)6-7-14(10)21-18(23)13-9-20-16-12(17(13)22)4-3-5-15(16)24-2/h3-9H,1-2H3,(H,20,22)(H,21,23). The SMILES string of the molecule is COc1cccc2c(=O)c(C(=O)Nc3ccc(Br)cc3C)c[nH]c12. The maximum absolute atomic E-state index is 12.6. The number of anilines is 1. The zero-order chi connectivity index (χ0) is 17.3. The maximum Gasteiger partial charge on any atom is 0.261 e. The molecule has 2 N–H and O–H groups in total. The van der Waals surface area contributed by atoms with Gasteiger partial charge in [-0.25, -0.2) is 0 Å². The van der Waals surface area contributed by atoms with Crippen LogP contribution in [-0.4, -0.2) is 18.0 Å². The van der Waals surface area contributed by atoms with Crippen LogP contribution in [0.1, 0.15) is 15.9 Å². The monoisotopic (exact) mass is 386 g/mol. The van der Waals surface area contributed by atoms with E-state index in [1.54, 1.807) is 24.3 Å². The third-order valence-corrected chi connectivity index (χ3v) is 4.27. The number of para-hydroxylation sites is 1. The number of nitrogens with one attached hydrogen (secondary N) is 2. The van der Waals surface area contributed by atoms with Gasteiger partial charge in [0.05, 0.1) is 18.0 Å². The number of aryl methyl sites for hydroxylation is 1. The van der Waals surface area contributed by atoms with E-state index >= 15 is 0 Å². The first-order valence-corrected chi connectivity index (χ1v) is 8.06. The Hall–Kier alpha value is -2.60. The van der Waals surface area contributed by atoms with E-state index in [2.05, 4.69) is 26.2 Å². The lowest BCUT2D eigenvalue weighted by molar-refractivity contribution is 0.102. The minimum Gasteiger partial charge on any atom is -0.495 e. The van der Waals surface area contributed by atoms with Crippen molar-refractivity contribution in [2.45, 2.75) is 6.92 Å². The predicted molar refractivity (Wildman–Crippen MR) is 98.0 cm³/mol. The molecule has 0 spiro atoms. The number of methoxy groups -OCH3 is 1. The van der Waals surface area contributed by atoms with Gasteiger partial charge in [0, 0.05) is 16.4 Å². The molecule has 1 amide bonds. The quantitative estimate of drug-likeness (QED) is 0.717. The Morgan fingerprint density at radius 1 is 1.25 bits per heavy atom. The van der Waals surface area contributed by atoms with E-state index in [9.17, 15) is 9.59 Å². The summed E-state index contributed by atoms with van der Waals surface area (Å²) in [5, 5.41) is 3.19. The van der Waals surface area contributed by atoms with Crippen molar-refractivity contribution < 1.29 is 9.53 Å². The lowest BCUT2D eigenvalue weighted by atomic mass is 10.1. The van der Waals surface area contributed by atoms with Crippen LogP contribution in [0.5, 0.6) is 5.75 Å². The Morgan fingerprint density at radius 2 is 2.04 bits per heavy atom. The number of fused-ring (bicyclic) bond motifs is 1. The maximum atomic E-state index is 12.6. The fourth-order valence-corrected chi connectivity index (χ4v) is 3.00. The van der Waals surface area contributed by atoms with Crippen LogP contribution in [0.2, 0.25) is 0 Å². The summed E-state index contributed by atoms with van der Waals surface area (Å²) in [6.45, 7) is 1.88. The number of H-pyrrole nitrogens is 1. The summed E-state index contributed by atoms with van der Waals surface area (Å²) in [6.07, 6.45) is 1.41. The Morgan fingerprint density at radius 3 is 2.75 bits per heavy atom. The molecule has 6 heteroatoms. The zero-order valence-corrected chi connectivity index (χ0v) is 14.7. The molecule has 5 nitrogen and oxygen atoms in total. The van der Waals surface area contributed by atoms with Crippen LogP contribution >= 0.6 is 15.9 Å². The Kier molecular flexibility index (Phi) is 4.40. The Labute approximate surface area is 146 Å². The van der Waals surface area contributed by atoms with E-state index in [1.807, 2.05) is 19.1 Å². The van der Waals surface area contributed by atoms with E-state index in [1.165, 1.54) is 13.3 Å². The number of carbonyl (C=O) groups is 1. The van der Waals surface area contributed by atoms with Crippen molar-refractivity contribution in [2.75, 3.05) is 12.4 Å². The minimum absolute atomic E-state index is 0.0538. The molecule has 3 aromatic rings. The number of benzene rings is 2. The van der Waals surface area contributed by atoms with Gasteiger partial charge < -0.3 is 15.0 Å². The second-order valence-corrected chi connectivity index (χ2v) is 6.24. The molecule has 0 unspecified atom stereocenters. The van der Waals surface area contributed by atoms with Crippen molar-refractivity contribution in [1.82, 2.24) is 4.98 Å². The number of ether oxygens (including phenoxy) is 1. The van der Waals surface area contributed by atoms with Crippen LogP contribution in [0, 0.1) is 6.92 Å². The second-order valence-electron chi connectivity index (χ2n) is 5.33. The fourth-order valence-electron chi connectivity index (χ4n) is 2.52. The smallest absolute Gasteiger partial charge is 0.261 e. The number of hydrogen-bond donors (Lipinski definition) is 2. The number of hydrogen-bond acceptors (Lipinski definition) is 3. The summed E-state index contributed by atoms with van der Waals surface area (Å²) < 4.78 is 6.15. The average molecular weight is 387 g/mol. The summed E-state index contributed by atoms with van der Waals surface area (Å²) in [7, 11) is 1.53. The van der Waals surface area contributed by atoms with Gasteiger partial charge >= 0.3 is 0 Å². The molecule has 0 aliphatic heterocycles. The minimum atomic E-state index is -0.452. The third-order valence-electron chi connectivity index (χ3n) is 3.78. The molecule has 2 aromatic carbocycles. The summed E-state index contributed by atoms with van der Waals surface area (Å²) in [5.41, 5.74) is 1.85. The highest BCUT2D eigenvalue weighted by atomic mass is 79.9. The molecule has 0 bridgehead atoms. The highest BCUT2D eigenvalue weighted by Crippen LogP contribution is 2.22. The van der Waals surface area contributed by atoms with Gasteiger partial charge in [-0.05, 0) is 42.8 Å². The van der Waals surface area contributed by atoms with Gasteiger partial charge in [-0.2, -0.15) is 0 Å². The van der Waals surface area contributed by atoms with Crippen LogP contribution in [0.15, 0.2) is 51.9 Å². The van der Waals surface area contributed by atoms with Gasteiger partial charge in [-0.1, -0.05) is 22.0 Å².